The van der Waals surface area contributed by atoms with E-state index in [9.17, 15) is 0 Å². The predicted octanol–water partition coefficient (Wildman–Crippen LogP) is 2.45. The van der Waals surface area contributed by atoms with Crippen LogP contribution in [0.5, 0.6) is 5.75 Å². The molecule has 1 aromatic carbocycles. The number of anilines is 1. The number of hydrogen-bond acceptors (Lipinski definition) is 6. The second kappa shape index (κ2) is 5.95. The SMILES string of the molecule is C=Cc1cc(OC)ccc1N1C(N)=NC(N)=NC12CCCCC2. The van der Waals surface area contributed by atoms with Gasteiger partial charge in [-0.2, -0.15) is 4.99 Å². The van der Waals surface area contributed by atoms with Crippen LogP contribution in [0.15, 0.2) is 34.8 Å². The number of methoxy groups -OCH3 is 1. The Balaban J connectivity index is 2.12. The lowest BCUT2D eigenvalue weighted by Gasteiger charge is -2.46. The van der Waals surface area contributed by atoms with E-state index in [1.54, 1.807) is 13.2 Å². The minimum Gasteiger partial charge on any atom is -0.497 e. The molecule has 6 nitrogen and oxygen atoms in total. The molecule has 0 unspecified atom stereocenters. The highest BCUT2D eigenvalue weighted by molar-refractivity contribution is 6.06. The van der Waals surface area contributed by atoms with Gasteiger partial charge in [-0.1, -0.05) is 19.1 Å². The second-order valence-electron chi connectivity index (χ2n) is 5.95. The molecule has 0 amide bonds. The van der Waals surface area contributed by atoms with Crippen molar-refractivity contribution in [1.29, 1.82) is 0 Å². The topological polar surface area (TPSA) is 89.2 Å². The first-order valence-corrected chi connectivity index (χ1v) is 7.90. The van der Waals surface area contributed by atoms with Crippen molar-refractivity contribution in [3.8, 4) is 5.75 Å². The Labute approximate surface area is 136 Å². The van der Waals surface area contributed by atoms with Crippen molar-refractivity contribution in [2.45, 2.75) is 37.8 Å². The number of nitrogens with zero attached hydrogens (tertiary/aromatic N) is 3. The fraction of sp³-hybridized carbons (Fsp3) is 0.412. The first-order chi connectivity index (χ1) is 11.1. The van der Waals surface area contributed by atoms with E-state index in [0.717, 1.165) is 42.7 Å². The van der Waals surface area contributed by atoms with Gasteiger partial charge in [0.15, 0.2) is 0 Å². The van der Waals surface area contributed by atoms with Crippen molar-refractivity contribution in [2.75, 3.05) is 12.0 Å². The van der Waals surface area contributed by atoms with E-state index in [2.05, 4.69) is 16.6 Å². The number of ether oxygens (including phenoxy) is 1. The molecule has 4 N–H and O–H groups in total. The number of nitrogens with two attached hydrogens (primary N) is 2. The molecule has 0 radical (unpaired) electrons. The standard InChI is InChI=1S/C17H23N5O/c1-3-12-11-13(23-2)7-8-14(12)22-16(19)20-15(18)21-17(22)9-5-4-6-10-17/h3,7-8,11H,1,4-6,9-10H2,2H3,(H4,18,19,20,21). The minimum absolute atomic E-state index is 0.259. The summed E-state index contributed by atoms with van der Waals surface area (Å²) in [6.07, 6.45) is 7.02. The summed E-state index contributed by atoms with van der Waals surface area (Å²) in [4.78, 5) is 10.9. The van der Waals surface area contributed by atoms with Gasteiger partial charge in [0, 0.05) is 5.56 Å². The Morgan fingerprint density at radius 1 is 1.26 bits per heavy atom. The summed E-state index contributed by atoms with van der Waals surface area (Å²) in [6, 6.07) is 5.83. The summed E-state index contributed by atoms with van der Waals surface area (Å²) in [5.41, 5.74) is 13.6. The predicted molar refractivity (Wildman–Crippen MR) is 94.6 cm³/mol. The van der Waals surface area contributed by atoms with Crippen LogP contribution >= 0.6 is 0 Å². The van der Waals surface area contributed by atoms with E-state index in [1.807, 2.05) is 23.1 Å². The molecule has 23 heavy (non-hydrogen) atoms. The van der Waals surface area contributed by atoms with E-state index in [0.29, 0.717) is 5.96 Å². The van der Waals surface area contributed by atoms with Gasteiger partial charge in [-0.15, -0.1) is 0 Å². The van der Waals surface area contributed by atoms with Crippen LogP contribution in [0.1, 0.15) is 37.7 Å². The average Bonchev–Trinajstić information content (AvgIpc) is 2.55. The number of guanidine groups is 2. The van der Waals surface area contributed by atoms with Gasteiger partial charge < -0.3 is 16.2 Å². The van der Waals surface area contributed by atoms with Crippen molar-refractivity contribution in [3.05, 3.63) is 30.3 Å². The number of rotatable bonds is 3. The van der Waals surface area contributed by atoms with E-state index < -0.39 is 5.66 Å². The summed E-state index contributed by atoms with van der Waals surface area (Å²) in [5, 5.41) is 0. The largest absolute Gasteiger partial charge is 0.497 e. The summed E-state index contributed by atoms with van der Waals surface area (Å²) in [5.74, 6) is 1.42. The maximum atomic E-state index is 6.25. The fourth-order valence-corrected chi connectivity index (χ4v) is 3.50. The molecule has 1 saturated carbocycles. The minimum atomic E-state index is -0.444. The molecular weight excluding hydrogens is 290 g/mol. The van der Waals surface area contributed by atoms with Crippen molar-refractivity contribution in [3.63, 3.8) is 0 Å². The van der Waals surface area contributed by atoms with Gasteiger partial charge in [0.25, 0.3) is 0 Å². The molecule has 1 aliphatic heterocycles. The quantitative estimate of drug-likeness (QED) is 0.897. The molecule has 1 spiro atoms. The highest BCUT2D eigenvalue weighted by Gasteiger charge is 2.43. The first kappa shape index (κ1) is 15.4. The van der Waals surface area contributed by atoms with Crippen LogP contribution < -0.4 is 21.1 Å². The molecule has 0 aromatic heterocycles. The Hall–Kier alpha value is -2.50. The summed E-state index contributed by atoms with van der Waals surface area (Å²) < 4.78 is 5.30. The smallest absolute Gasteiger partial charge is 0.220 e. The molecule has 0 atom stereocenters. The molecule has 6 heteroatoms. The Morgan fingerprint density at radius 3 is 2.65 bits per heavy atom. The van der Waals surface area contributed by atoms with Gasteiger partial charge in [-0.25, -0.2) is 4.99 Å². The Kier molecular flexibility index (Phi) is 3.98. The summed E-state index contributed by atoms with van der Waals surface area (Å²) >= 11 is 0. The van der Waals surface area contributed by atoms with Crippen LogP contribution in [-0.2, 0) is 0 Å². The number of aliphatic imine (C=N–C) groups is 2. The van der Waals surface area contributed by atoms with Gasteiger partial charge in [-0.3, -0.25) is 4.90 Å². The number of hydrogen-bond donors (Lipinski definition) is 2. The maximum absolute atomic E-state index is 6.25. The fourth-order valence-electron chi connectivity index (χ4n) is 3.50. The second-order valence-corrected chi connectivity index (χ2v) is 5.95. The number of benzene rings is 1. The first-order valence-electron chi connectivity index (χ1n) is 7.90. The third-order valence-corrected chi connectivity index (χ3v) is 4.55. The lowest BCUT2D eigenvalue weighted by atomic mass is 9.87. The highest BCUT2D eigenvalue weighted by atomic mass is 16.5. The van der Waals surface area contributed by atoms with Gasteiger partial charge in [0.2, 0.25) is 11.9 Å². The highest BCUT2D eigenvalue weighted by Crippen LogP contribution is 2.41. The van der Waals surface area contributed by atoms with Crippen LogP contribution in [0.25, 0.3) is 6.08 Å². The van der Waals surface area contributed by atoms with Crippen LogP contribution in [0, 0.1) is 0 Å². The molecule has 1 fully saturated rings. The summed E-state index contributed by atoms with van der Waals surface area (Å²) in [7, 11) is 1.65. The zero-order chi connectivity index (χ0) is 16.4. The molecule has 2 aliphatic rings. The summed E-state index contributed by atoms with van der Waals surface area (Å²) in [6.45, 7) is 3.91. The maximum Gasteiger partial charge on any atom is 0.220 e. The van der Waals surface area contributed by atoms with E-state index >= 15 is 0 Å². The van der Waals surface area contributed by atoms with Gasteiger partial charge in [0.1, 0.15) is 11.4 Å². The van der Waals surface area contributed by atoms with Crippen molar-refractivity contribution >= 4 is 23.7 Å². The molecule has 0 bridgehead atoms. The van der Waals surface area contributed by atoms with Gasteiger partial charge in [0.05, 0.1) is 12.8 Å². The van der Waals surface area contributed by atoms with Crippen molar-refractivity contribution < 1.29 is 4.74 Å². The van der Waals surface area contributed by atoms with Gasteiger partial charge >= 0.3 is 0 Å². The van der Waals surface area contributed by atoms with Gasteiger partial charge in [-0.05, 0) is 43.9 Å². The van der Waals surface area contributed by atoms with Crippen LogP contribution in [0.4, 0.5) is 5.69 Å². The Morgan fingerprint density at radius 2 is 2.00 bits per heavy atom. The third kappa shape index (κ3) is 2.65. The van der Waals surface area contributed by atoms with Crippen LogP contribution in [-0.4, -0.2) is 24.7 Å². The zero-order valence-corrected chi connectivity index (χ0v) is 13.5. The molecular formula is C17H23N5O. The molecule has 0 saturated heterocycles. The zero-order valence-electron chi connectivity index (χ0n) is 13.5. The van der Waals surface area contributed by atoms with E-state index in [1.165, 1.54) is 6.42 Å². The molecule has 3 rings (SSSR count). The monoisotopic (exact) mass is 313 g/mol. The lowest BCUT2D eigenvalue weighted by molar-refractivity contribution is 0.305. The molecule has 1 aliphatic carbocycles. The van der Waals surface area contributed by atoms with Crippen LogP contribution in [0.3, 0.4) is 0 Å². The van der Waals surface area contributed by atoms with Crippen LogP contribution in [0.2, 0.25) is 0 Å². The third-order valence-electron chi connectivity index (χ3n) is 4.55. The molecule has 1 heterocycles. The lowest BCUT2D eigenvalue weighted by Crippen LogP contribution is -2.58. The normalized spacial score (nSPS) is 20.0. The molecule has 122 valence electrons. The molecule has 1 aromatic rings. The average molecular weight is 313 g/mol. The van der Waals surface area contributed by atoms with Crippen molar-refractivity contribution in [1.82, 2.24) is 0 Å². The Bertz CT molecular complexity index is 674. The van der Waals surface area contributed by atoms with Crippen molar-refractivity contribution in [2.24, 2.45) is 21.5 Å². The van der Waals surface area contributed by atoms with E-state index in [4.69, 9.17) is 16.2 Å². The van der Waals surface area contributed by atoms with E-state index in [-0.39, 0.29) is 5.96 Å².